The lowest BCUT2D eigenvalue weighted by atomic mass is 10.2. The summed E-state index contributed by atoms with van der Waals surface area (Å²) in [7, 11) is -3.44. The van der Waals surface area contributed by atoms with E-state index in [0.29, 0.717) is 48.9 Å². The van der Waals surface area contributed by atoms with E-state index in [9.17, 15) is 8.42 Å². The Kier molecular flexibility index (Phi) is 5.18. The minimum Gasteiger partial charge on any atom is -0.379 e. The van der Waals surface area contributed by atoms with Crippen molar-refractivity contribution in [3.63, 3.8) is 0 Å². The van der Waals surface area contributed by atoms with Gasteiger partial charge in [-0.2, -0.15) is 9.29 Å². The van der Waals surface area contributed by atoms with Crippen LogP contribution in [-0.2, 0) is 21.3 Å². The number of hydrogen-bond donors (Lipinski definition) is 1. The lowest BCUT2D eigenvalue weighted by Gasteiger charge is -2.25. The zero-order valence-corrected chi connectivity index (χ0v) is 15.2. The van der Waals surface area contributed by atoms with Crippen LogP contribution in [0.5, 0.6) is 0 Å². The number of nitrogens with zero attached hydrogens (tertiary/aromatic N) is 3. The van der Waals surface area contributed by atoms with Crippen LogP contribution in [0.4, 0.5) is 6.01 Å². The van der Waals surface area contributed by atoms with Crippen molar-refractivity contribution >= 4 is 27.4 Å². The van der Waals surface area contributed by atoms with Crippen LogP contribution < -0.4 is 5.32 Å². The third-order valence-electron chi connectivity index (χ3n) is 3.57. The summed E-state index contributed by atoms with van der Waals surface area (Å²) >= 11 is 1.24. The van der Waals surface area contributed by atoms with Gasteiger partial charge in [0, 0.05) is 23.9 Å². The summed E-state index contributed by atoms with van der Waals surface area (Å²) in [4.78, 5) is 5.11. The van der Waals surface area contributed by atoms with Crippen molar-refractivity contribution in [2.75, 3.05) is 31.6 Å². The molecule has 0 aliphatic carbocycles. The molecule has 1 aliphatic rings. The van der Waals surface area contributed by atoms with Gasteiger partial charge < -0.3 is 14.6 Å². The van der Waals surface area contributed by atoms with Crippen LogP contribution in [0.25, 0.3) is 0 Å². The number of sulfonamides is 1. The SMILES string of the molecule is CC(C)c1noc(NCc2ccc(S(=O)(=O)N3CCOCC3)s2)n1. The molecule has 0 aromatic carbocycles. The van der Waals surface area contributed by atoms with Crippen molar-refractivity contribution in [2.45, 2.75) is 30.5 Å². The van der Waals surface area contributed by atoms with Gasteiger partial charge in [-0.05, 0) is 12.1 Å². The van der Waals surface area contributed by atoms with Gasteiger partial charge in [-0.3, -0.25) is 0 Å². The molecule has 0 radical (unpaired) electrons. The fourth-order valence-electron chi connectivity index (χ4n) is 2.21. The lowest BCUT2D eigenvalue weighted by molar-refractivity contribution is 0.0731. The fourth-order valence-corrected chi connectivity index (χ4v) is 5.07. The number of morpholine rings is 1. The zero-order chi connectivity index (χ0) is 17.2. The normalized spacial score (nSPS) is 16.6. The molecule has 0 amide bonds. The van der Waals surface area contributed by atoms with Crippen LogP contribution in [0.15, 0.2) is 20.9 Å². The smallest absolute Gasteiger partial charge is 0.321 e. The predicted molar refractivity (Wildman–Crippen MR) is 89.6 cm³/mol. The maximum atomic E-state index is 12.6. The van der Waals surface area contributed by atoms with E-state index in [1.54, 1.807) is 12.1 Å². The Morgan fingerprint density at radius 1 is 1.33 bits per heavy atom. The molecule has 24 heavy (non-hydrogen) atoms. The zero-order valence-electron chi connectivity index (χ0n) is 13.6. The Hall–Kier alpha value is -1.49. The standard InChI is InChI=1S/C14H20N4O4S2/c1-10(2)13-16-14(22-17-13)15-9-11-3-4-12(23-11)24(19,20)18-5-7-21-8-6-18/h3-4,10H,5-9H2,1-2H3,(H,15,16,17). The van der Waals surface area contributed by atoms with E-state index in [0.717, 1.165) is 4.88 Å². The highest BCUT2D eigenvalue weighted by atomic mass is 32.2. The summed E-state index contributed by atoms with van der Waals surface area (Å²) in [5.41, 5.74) is 0. The van der Waals surface area contributed by atoms with Crippen molar-refractivity contribution < 1.29 is 17.7 Å². The molecule has 3 heterocycles. The Morgan fingerprint density at radius 2 is 2.08 bits per heavy atom. The number of anilines is 1. The molecule has 2 aromatic heterocycles. The number of thiophene rings is 1. The average molecular weight is 372 g/mol. The summed E-state index contributed by atoms with van der Waals surface area (Å²) < 4.78 is 37.3. The summed E-state index contributed by atoms with van der Waals surface area (Å²) in [6, 6.07) is 3.77. The van der Waals surface area contributed by atoms with E-state index in [1.807, 2.05) is 13.8 Å². The molecule has 10 heteroatoms. The van der Waals surface area contributed by atoms with Crippen LogP contribution in [-0.4, -0.2) is 49.2 Å². The van der Waals surface area contributed by atoms with Gasteiger partial charge in [0.25, 0.3) is 10.0 Å². The fraction of sp³-hybridized carbons (Fsp3) is 0.571. The molecule has 0 spiro atoms. The van der Waals surface area contributed by atoms with E-state index in [4.69, 9.17) is 9.26 Å². The molecule has 3 rings (SSSR count). The maximum Gasteiger partial charge on any atom is 0.321 e. The maximum absolute atomic E-state index is 12.6. The van der Waals surface area contributed by atoms with Crippen LogP contribution in [0.1, 0.15) is 30.5 Å². The van der Waals surface area contributed by atoms with E-state index in [-0.39, 0.29) is 5.92 Å². The third-order valence-corrected chi connectivity index (χ3v) is 7.02. The summed E-state index contributed by atoms with van der Waals surface area (Å²) in [5, 5.41) is 6.90. The second-order valence-electron chi connectivity index (χ2n) is 5.70. The number of nitrogens with one attached hydrogen (secondary N) is 1. The number of hydrogen-bond acceptors (Lipinski definition) is 8. The van der Waals surface area contributed by atoms with Crippen LogP contribution >= 0.6 is 11.3 Å². The molecule has 1 fully saturated rings. The first-order valence-electron chi connectivity index (χ1n) is 7.71. The van der Waals surface area contributed by atoms with Crippen molar-refractivity contribution in [3.05, 3.63) is 22.8 Å². The highest BCUT2D eigenvalue weighted by molar-refractivity contribution is 7.91. The monoisotopic (exact) mass is 372 g/mol. The molecule has 132 valence electrons. The van der Waals surface area contributed by atoms with Gasteiger partial charge in [0.2, 0.25) is 0 Å². The molecule has 1 aliphatic heterocycles. The first-order chi connectivity index (χ1) is 11.5. The Bertz CT molecular complexity index is 778. The minimum atomic E-state index is -3.44. The molecule has 8 nitrogen and oxygen atoms in total. The van der Waals surface area contributed by atoms with E-state index >= 15 is 0 Å². The van der Waals surface area contributed by atoms with Crippen LogP contribution in [0.3, 0.4) is 0 Å². The molecule has 1 saturated heterocycles. The molecular weight excluding hydrogens is 352 g/mol. The molecular formula is C14H20N4O4S2. The van der Waals surface area contributed by atoms with Crippen LogP contribution in [0, 0.1) is 0 Å². The van der Waals surface area contributed by atoms with Gasteiger partial charge in [0.15, 0.2) is 5.82 Å². The quantitative estimate of drug-likeness (QED) is 0.827. The van der Waals surface area contributed by atoms with Gasteiger partial charge in [-0.25, -0.2) is 8.42 Å². The molecule has 0 unspecified atom stereocenters. The van der Waals surface area contributed by atoms with Crippen molar-refractivity contribution in [3.8, 4) is 0 Å². The van der Waals surface area contributed by atoms with Gasteiger partial charge in [0.1, 0.15) is 4.21 Å². The topological polar surface area (TPSA) is 97.6 Å². The predicted octanol–water partition coefficient (Wildman–Crippen LogP) is 1.89. The Labute approximate surface area is 144 Å². The largest absolute Gasteiger partial charge is 0.379 e. The van der Waals surface area contributed by atoms with E-state index < -0.39 is 10.0 Å². The second-order valence-corrected chi connectivity index (χ2v) is 9.04. The minimum absolute atomic E-state index is 0.191. The van der Waals surface area contributed by atoms with Gasteiger partial charge >= 0.3 is 6.01 Å². The van der Waals surface area contributed by atoms with Crippen LogP contribution in [0.2, 0.25) is 0 Å². The number of ether oxygens (including phenoxy) is 1. The molecule has 0 bridgehead atoms. The average Bonchev–Trinajstić information content (AvgIpc) is 3.23. The first kappa shape index (κ1) is 17.3. The van der Waals surface area contributed by atoms with E-state index in [1.165, 1.54) is 15.6 Å². The highest BCUT2D eigenvalue weighted by Gasteiger charge is 2.27. The second kappa shape index (κ2) is 7.18. The van der Waals surface area contributed by atoms with Crippen molar-refractivity contribution in [1.29, 1.82) is 0 Å². The van der Waals surface area contributed by atoms with Gasteiger partial charge in [0.05, 0.1) is 19.8 Å². The first-order valence-corrected chi connectivity index (χ1v) is 9.96. The summed E-state index contributed by atoms with van der Waals surface area (Å²) in [6.07, 6.45) is 0. The Balaban J connectivity index is 1.64. The van der Waals surface area contributed by atoms with Gasteiger partial charge in [-0.15, -0.1) is 11.3 Å². The third kappa shape index (κ3) is 3.77. The highest BCUT2D eigenvalue weighted by Crippen LogP contribution is 2.26. The lowest BCUT2D eigenvalue weighted by Crippen LogP contribution is -2.40. The number of rotatable bonds is 6. The number of aromatic nitrogens is 2. The van der Waals surface area contributed by atoms with Crippen molar-refractivity contribution in [1.82, 2.24) is 14.4 Å². The van der Waals surface area contributed by atoms with Crippen molar-refractivity contribution in [2.24, 2.45) is 0 Å². The Morgan fingerprint density at radius 3 is 2.75 bits per heavy atom. The van der Waals surface area contributed by atoms with E-state index in [2.05, 4.69) is 15.5 Å². The molecule has 0 saturated carbocycles. The molecule has 0 atom stereocenters. The molecule has 1 N–H and O–H groups in total. The molecule has 2 aromatic rings. The summed E-state index contributed by atoms with van der Waals surface area (Å²) in [5.74, 6) is 0.829. The van der Waals surface area contributed by atoms with Gasteiger partial charge in [-0.1, -0.05) is 19.0 Å². The summed E-state index contributed by atoms with van der Waals surface area (Å²) in [6.45, 7) is 6.07.